The number of benzene rings is 1. The first-order valence-corrected chi connectivity index (χ1v) is 9.93. The Hall–Kier alpha value is -2.73. The van der Waals surface area contributed by atoms with Crippen molar-refractivity contribution in [3.8, 4) is 11.5 Å². The lowest BCUT2D eigenvalue weighted by Gasteiger charge is -2.35. The highest BCUT2D eigenvalue weighted by Crippen LogP contribution is 2.28. The van der Waals surface area contributed by atoms with Crippen LogP contribution in [0.25, 0.3) is 11.5 Å². The normalized spacial score (nSPS) is 16.3. The van der Waals surface area contributed by atoms with Crippen molar-refractivity contribution < 1.29 is 9.63 Å². The van der Waals surface area contributed by atoms with Crippen LogP contribution in [0.3, 0.4) is 0 Å². The first-order chi connectivity index (χ1) is 13.7. The number of piperidine rings is 1. The highest BCUT2D eigenvalue weighted by molar-refractivity contribution is 5.58. The van der Waals surface area contributed by atoms with Crippen LogP contribution >= 0.6 is 0 Å². The van der Waals surface area contributed by atoms with Crippen molar-refractivity contribution in [1.29, 1.82) is 0 Å². The standard InChI is InChI=1S/C22H26N4O2/c1-16-24-22(28-25-16)19-9-12-23-21(15-19)26-13-10-18(11-14-26)20(27)8-7-17-5-3-2-4-6-17/h2-6,9,12,15,18,20,27H,7-8,10-11,13-14H2,1H3. The highest BCUT2D eigenvalue weighted by Gasteiger charge is 2.26. The van der Waals surface area contributed by atoms with Gasteiger partial charge in [0.2, 0.25) is 0 Å². The second kappa shape index (κ2) is 8.52. The van der Waals surface area contributed by atoms with Crippen molar-refractivity contribution >= 4 is 5.82 Å². The Balaban J connectivity index is 1.32. The summed E-state index contributed by atoms with van der Waals surface area (Å²) in [7, 11) is 0. The van der Waals surface area contributed by atoms with Crippen molar-refractivity contribution in [2.75, 3.05) is 18.0 Å². The van der Waals surface area contributed by atoms with Crippen molar-refractivity contribution in [3.05, 3.63) is 60.0 Å². The molecular weight excluding hydrogens is 352 g/mol. The third-order valence-electron chi connectivity index (χ3n) is 5.50. The van der Waals surface area contributed by atoms with E-state index in [9.17, 15) is 5.11 Å². The maximum Gasteiger partial charge on any atom is 0.258 e. The topological polar surface area (TPSA) is 75.3 Å². The van der Waals surface area contributed by atoms with Crippen LogP contribution in [0.5, 0.6) is 0 Å². The number of hydrogen-bond acceptors (Lipinski definition) is 6. The van der Waals surface area contributed by atoms with E-state index in [1.807, 2.05) is 25.1 Å². The molecule has 4 rings (SSSR count). The molecule has 1 atom stereocenters. The molecule has 1 N–H and O–H groups in total. The van der Waals surface area contributed by atoms with Crippen LogP contribution in [0.15, 0.2) is 53.2 Å². The Morgan fingerprint density at radius 3 is 2.68 bits per heavy atom. The van der Waals surface area contributed by atoms with Crippen molar-refractivity contribution in [2.45, 2.75) is 38.7 Å². The smallest absolute Gasteiger partial charge is 0.258 e. The summed E-state index contributed by atoms with van der Waals surface area (Å²) < 4.78 is 5.26. The average Bonchev–Trinajstić information content (AvgIpc) is 3.19. The summed E-state index contributed by atoms with van der Waals surface area (Å²) >= 11 is 0. The molecule has 0 radical (unpaired) electrons. The maximum atomic E-state index is 10.6. The van der Waals surface area contributed by atoms with E-state index in [2.05, 4.69) is 44.3 Å². The molecule has 6 heteroatoms. The van der Waals surface area contributed by atoms with Crippen LogP contribution in [0.1, 0.15) is 30.7 Å². The molecule has 6 nitrogen and oxygen atoms in total. The van der Waals surface area contributed by atoms with Gasteiger partial charge < -0.3 is 14.5 Å². The van der Waals surface area contributed by atoms with Gasteiger partial charge in [-0.3, -0.25) is 0 Å². The van der Waals surface area contributed by atoms with Crippen LogP contribution in [0, 0.1) is 12.8 Å². The molecule has 0 saturated carbocycles. The Morgan fingerprint density at radius 1 is 1.18 bits per heavy atom. The predicted octanol–water partition coefficient (Wildman–Crippen LogP) is 3.65. The van der Waals surface area contributed by atoms with E-state index in [0.29, 0.717) is 17.6 Å². The number of aromatic nitrogens is 3. The molecule has 1 aromatic carbocycles. The average molecular weight is 378 g/mol. The van der Waals surface area contributed by atoms with Crippen LogP contribution in [-0.2, 0) is 6.42 Å². The van der Waals surface area contributed by atoms with E-state index >= 15 is 0 Å². The molecule has 1 aliphatic rings. The molecule has 146 valence electrons. The van der Waals surface area contributed by atoms with Gasteiger partial charge in [0.1, 0.15) is 5.82 Å². The first kappa shape index (κ1) is 18.6. The molecular formula is C22H26N4O2. The van der Waals surface area contributed by atoms with E-state index < -0.39 is 0 Å². The number of anilines is 1. The first-order valence-electron chi connectivity index (χ1n) is 9.93. The zero-order valence-electron chi connectivity index (χ0n) is 16.2. The second-order valence-electron chi connectivity index (χ2n) is 7.47. The van der Waals surface area contributed by atoms with Gasteiger partial charge in [0, 0.05) is 24.8 Å². The van der Waals surface area contributed by atoms with Crippen molar-refractivity contribution in [3.63, 3.8) is 0 Å². The minimum atomic E-state index is -0.247. The summed E-state index contributed by atoms with van der Waals surface area (Å²) in [6.07, 6.45) is 5.23. The fourth-order valence-electron chi connectivity index (χ4n) is 3.85. The predicted molar refractivity (Wildman–Crippen MR) is 108 cm³/mol. The molecule has 0 aliphatic carbocycles. The Bertz CT molecular complexity index is 888. The molecule has 1 aliphatic heterocycles. The van der Waals surface area contributed by atoms with Crippen LogP contribution in [-0.4, -0.2) is 39.4 Å². The quantitative estimate of drug-likeness (QED) is 0.706. The fourth-order valence-corrected chi connectivity index (χ4v) is 3.85. The zero-order chi connectivity index (χ0) is 19.3. The second-order valence-corrected chi connectivity index (χ2v) is 7.47. The molecule has 28 heavy (non-hydrogen) atoms. The van der Waals surface area contributed by atoms with Gasteiger partial charge in [-0.05, 0) is 56.2 Å². The van der Waals surface area contributed by atoms with Gasteiger partial charge in [0.05, 0.1) is 6.10 Å². The minimum absolute atomic E-state index is 0.247. The number of aliphatic hydroxyl groups excluding tert-OH is 1. The molecule has 1 fully saturated rings. The number of pyridine rings is 1. The van der Waals surface area contributed by atoms with E-state index in [0.717, 1.165) is 50.2 Å². The van der Waals surface area contributed by atoms with Crippen LogP contribution in [0.2, 0.25) is 0 Å². The van der Waals surface area contributed by atoms with Gasteiger partial charge in [0.25, 0.3) is 5.89 Å². The summed E-state index contributed by atoms with van der Waals surface area (Å²) in [5.41, 5.74) is 2.17. The lowest BCUT2D eigenvalue weighted by Crippen LogP contribution is -2.38. The summed E-state index contributed by atoms with van der Waals surface area (Å²) in [5.74, 6) is 2.42. The molecule has 1 unspecified atom stereocenters. The third kappa shape index (κ3) is 4.39. The van der Waals surface area contributed by atoms with E-state index in [1.54, 1.807) is 6.20 Å². The highest BCUT2D eigenvalue weighted by atomic mass is 16.5. The third-order valence-corrected chi connectivity index (χ3v) is 5.50. The molecule has 1 saturated heterocycles. The summed E-state index contributed by atoms with van der Waals surface area (Å²) in [6, 6.07) is 14.3. The van der Waals surface area contributed by atoms with E-state index in [1.165, 1.54) is 5.56 Å². The summed E-state index contributed by atoms with van der Waals surface area (Å²) in [4.78, 5) is 11.1. The van der Waals surface area contributed by atoms with E-state index in [-0.39, 0.29) is 6.10 Å². The number of nitrogens with zero attached hydrogens (tertiary/aromatic N) is 4. The zero-order valence-corrected chi connectivity index (χ0v) is 16.2. The molecule has 0 amide bonds. The monoisotopic (exact) mass is 378 g/mol. The van der Waals surface area contributed by atoms with Gasteiger partial charge in [-0.15, -0.1) is 0 Å². The van der Waals surface area contributed by atoms with Crippen LogP contribution in [0.4, 0.5) is 5.82 Å². The van der Waals surface area contributed by atoms with Gasteiger partial charge in [0.15, 0.2) is 5.82 Å². The molecule has 0 spiro atoms. The van der Waals surface area contributed by atoms with Gasteiger partial charge in [-0.25, -0.2) is 4.98 Å². The summed E-state index contributed by atoms with van der Waals surface area (Å²) in [5, 5.41) is 14.5. The Kier molecular flexibility index (Phi) is 5.67. The fraction of sp³-hybridized carbons (Fsp3) is 0.409. The largest absolute Gasteiger partial charge is 0.393 e. The minimum Gasteiger partial charge on any atom is -0.393 e. The molecule has 2 aromatic heterocycles. The number of hydrogen-bond donors (Lipinski definition) is 1. The lowest BCUT2D eigenvalue weighted by atomic mass is 9.88. The van der Waals surface area contributed by atoms with E-state index in [4.69, 9.17) is 4.52 Å². The van der Waals surface area contributed by atoms with Gasteiger partial charge in [-0.1, -0.05) is 35.5 Å². The number of aliphatic hydroxyl groups is 1. The van der Waals surface area contributed by atoms with Crippen LogP contribution < -0.4 is 4.90 Å². The van der Waals surface area contributed by atoms with Gasteiger partial charge >= 0.3 is 0 Å². The molecule has 3 aromatic rings. The summed E-state index contributed by atoms with van der Waals surface area (Å²) in [6.45, 7) is 3.60. The molecule has 3 heterocycles. The lowest BCUT2D eigenvalue weighted by molar-refractivity contribution is 0.0850. The SMILES string of the molecule is Cc1noc(-c2ccnc(N3CCC(C(O)CCc4ccccc4)CC3)c2)n1. The van der Waals surface area contributed by atoms with Crippen molar-refractivity contribution in [2.24, 2.45) is 5.92 Å². The maximum absolute atomic E-state index is 10.6. The van der Waals surface area contributed by atoms with Gasteiger partial charge in [-0.2, -0.15) is 4.98 Å². The molecule has 0 bridgehead atoms. The Morgan fingerprint density at radius 2 is 1.96 bits per heavy atom. The van der Waals surface area contributed by atoms with Crippen molar-refractivity contribution in [1.82, 2.24) is 15.1 Å². The Labute approximate surface area is 165 Å². The number of aryl methyl sites for hydroxylation is 2. The number of rotatable bonds is 6.